The molecule has 0 N–H and O–H groups in total. The molecule has 1 rings (SSSR count). The Morgan fingerprint density at radius 1 is 1.67 bits per heavy atom. The van der Waals surface area contributed by atoms with Gasteiger partial charge in [-0.3, -0.25) is 0 Å². The predicted molar refractivity (Wildman–Crippen MR) is 41.3 cm³/mol. The van der Waals surface area contributed by atoms with E-state index in [1.807, 2.05) is 6.08 Å². The summed E-state index contributed by atoms with van der Waals surface area (Å²) in [4.78, 5) is 0. The molecule has 0 atom stereocenters. The lowest BCUT2D eigenvalue weighted by Crippen LogP contribution is -1.87. The fourth-order valence-electron chi connectivity index (χ4n) is 1.04. The largest absolute Gasteiger partial charge is 0.0985 e. The van der Waals surface area contributed by atoms with Crippen LogP contribution in [0.4, 0.5) is 0 Å². The van der Waals surface area contributed by atoms with Crippen LogP contribution in [-0.4, -0.2) is 0 Å². The van der Waals surface area contributed by atoms with Crippen LogP contribution in [0.2, 0.25) is 0 Å². The van der Waals surface area contributed by atoms with Gasteiger partial charge in [0.2, 0.25) is 0 Å². The lowest BCUT2D eigenvalue weighted by atomic mass is 9.99. The average Bonchev–Trinajstić information content (AvgIpc) is 1.89. The van der Waals surface area contributed by atoms with Gasteiger partial charge in [-0.25, -0.2) is 0 Å². The number of rotatable bonds is 1. The Morgan fingerprint density at radius 2 is 2.44 bits per heavy atom. The molecular weight excluding hydrogens is 108 g/mol. The minimum atomic E-state index is 1.20. The maximum absolute atomic E-state index is 3.73. The fraction of sp³-hybridized carbons (Fsp3) is 0.333. The Balaban J connectivity index is 2.84. The normalized spacial score (nSPS) is 18.3. The summed E-state index contributed by atoms with van der Waals surface area (Å²) in [6.45, 7) is 5.89. The molecule has 0 aliphatic heterocycles. The van der Waals surface area contributed by atoms with E-state index in [1.165, 1.54) is 24.0 Å². The van der Waals surface area contributed by atoms with E-state index in [0.29, 0.717) is 0 Å². The molecule has 0 bridgehead atoms. The van der Waals surface area contributed by atoms with Gasteiger partial charge < -0.3 is 0 Å². The standard InChI is InChI=1S/C9H12/c1-3-9-7-5-4-6-8(9)2/h3,5,7H,1,4,6H2,2H3. The van der Waals surface area contributed by atoms with E-state index in [4.69, 9.17) is 0 Å². The second kappa shape index (κ2) is 2.67. The Labute approximate surface area is 56.6 Å². The SMILES string of the molecule is C=CC1=C(C)CCC=C1. The molecule has 1 aliphatic carbocycles. The van der Waals surface area contributed by atoms with Crippen molar-refractivity contribution in [1.29, 1.82) is 0 Å². The topological polar surface area (TPSA) is 0 Å². The van der Waals surface area contributed by atoms with Crippen molar-refractivity contribution in [3.8, 4) is 0 Å². The van der Waals surface area contributed by atoms with Crippen LogP contribution in [0.15, 0.2) is 36.0 Å². The highest BCUT2D eigenvalue weighted by Gasteiger charge is 1.98. The van der Waals surface area contributed by atoms with Crippen molar-refractivity contribution in [3.63, 3.8) is 0 Å². The van der Waals surface area contributed by atoms with Crippen molar-refractivity contribution in [2.45, 2.75) is 19.8 Å². The fourth-order valence-corrected chi connectivity index (χ4v) is 1.04. The smallest absolute Gasteiger partial charge is 0.0276 e. The minimum absolute atomic E-state index is 1.20. The summed E-state index contributed by atoms with van der Waals surface area (Å²) < 4.78 is 0. The van der Waals surface area contributed by atoms with E-state index >= 15 is 0 Å². The van der Waals surface area contributed by atoms with Gasteiger partial charge in [-0.1, -0.05) is 30.4 Å². The molecule has 0 heteroatoms. The zero-order chi connectivity index (χ0) is 6.69. The third-order valence-electron chi connectivity index (χ3n) is 1.70. The molecule has 0 aromatic carbocycles. The number of allylic oxidation sites excluding steroid dienone is 5. The van der Waals surface area contributed by atoms with Crippen molar-refractivity contribution in [2.75, 3.05) is 0 Å². The van der Waals surface area contributed by atoms with Crippen LogP contribution in [0.3, 0.4) is 0 Å². The van der Waals surface area contributed by atoms with Gasteiger partial charge in [-0.15, -0.1) is 0 Å². The van der Waals surface area contributed by atoms with E-state index in [2.05, 4.69) is 25.7 Å². The molecule has 0 radical (unpaired) electrons. The molecule has 0 amide bonds. The van der Waals surface area contributed by atoms with Gasteiger partial charge in [-0.2, -0.15) is 0 Å². The van der Waals surface area contributed by atoms with Gasteiger partial charge in [0.05, 0.1) is 0 Å². The first-order valence-corrected chi connectivity index (χ1v) is 3.33. The summed E-state index contributed by atoms with van der Waals surface area (Å²) in [7, 11) is 0. The van der Waals surface area contributed by atoms with Crippen LogP contribution in [0.1, 0.15) is 19.8 Å². The molecule has 0 saturated heterocycles. The molecule has 0 fully saturated rings. The van der Waals surface area contributed by atoms with Crippen LogP contribution in [-0.2, 0) is 0 Å². The van der Waals surface area contributed by atoms with E-state index in [9.17, 15) is 0 Å². The molecule has 0 spiro atoms. The summed E-state index contributed by atoms with van der Waals surface area (Å²) in [6, 6.07) is 0. The van der Waals surface area contributed by atoms with Crippen LogP contribution >= 0.6 is 0 Å². The number of hydrogen-bond donors (Lipinski definition) is 0. The lowest BCUT2D eigenvalue weighted by Gasteiger charge is -2.07. The Bertz CT molecular complexity index is 170. The van der Waals surface area contributed by atoms with Crippen LogP contribution < -0.4 is 0 Å². The quantitative estimate of drug-likeness (QED) is 0.499. The molecule has 9 heavy (non-hydrogen) atoms. The molecule has 48 valence electrons. The first-order chi connectivity index (χ1) is 4.34. The summed E-state index contributed by atoms with van der Waals surface area (Å²) >= 11 is 0. The van der Waals surface area contributed by atoms with Crippen LogP contribution in [0.25, 0.3) is 0 Å². The van der Waals surface area contributed by atoms with Crippen LogP contribution in [0.5, 0.6) is 0 Å². The zero-order valence-electron chi connectivity index (χ0n) is 5.85. The third kappa shape index (κ3) is 1.32. The van der Waals surface area contributed by atoms with Gasteiger partial charge >= 0.3 is 0 Å². The van der Waals surface area contributed by atoms with E-state index in [1.54, 1.807) is 0 Å². The van der Waals surface area contributed by atoms with Crippen molar-refractivity contribution in [3.05, 3.63) is 36.0 Å². The second-order valence-electron chi connectivity index (χ2n) is 2.38. The number of hydrogen-bond acceptors (Lipinski definition) is 0. The molecule has 0 saturated carbocycles. The van der Waals surface area contributed by atoms with Crippen molar-refractivity contribution < 1.29 is 0 Å². The van der Waals surface area contributed by atoms with Crippen molar-refractivity contribution in [1.82, 2.24) is 0 Å². The summed E-state index contributed by atoms with van der Waals surface area (Å²) in [6.07, 6.45) is 8.67. The zero-order valence-corrected chi connectivity index (χ0v) is 5.85. The highest BCUT2D eigenvalue weighted by Crippen LogP contribution is 2.17. The van der Waals surface area contributed by atoms with E-state index in [-0.39, 0.29) is 0 Å². The first-order valence-electron chi connectivity index (χ1n) is 3.33. The first kappa shape index (κ1) is 6.34. The molecule has 0 aromatic rings. The van der Waals surface area contributed by atoms with Gasteiger partial charge in [-0.05, 0) is 25.3 Å². The van der Waals surface area contributed by atoms with E-state index in [0.717, 1.165) is 0 Å². The summed E-state index contributed by atoms with van der Waals surface area (Å²) in [5, 5.41) is 0. The molecule has 0 unspecified atom stereocenters. The summed E-state index contributed by atoms with van der Waals surface area (Å²) in [5.41, 5.74) is 2.77. The molecule has 0 nitrogen and oxygen atoms in total. The highest BCUT2D eigenvalue weighted by atomic mass is 14.0. The maximum atomic E-state index is 3.73. The maximum Gasteiger partial charge on any atom is -0.0276 e. The Morgan fingerprint density at radius 3 is 2.89 bits per heavy atom. The minimum Gasteiger partial charge on any atom is -0.0985 e. The summed E-state index contributed by atoms with van der Waals surface area (Å²) in [5.74, 6) is 0. The van der Waals surface area contributed by atoms with Gasteiger partial charge in [0.15, 0.2) is 0 Å². The molecule has 0 heterocycles. The Hall–Kier alpha value is -0.780. The average molecular weight is 120 g/mol. The van der Waals surface area contributed by atoms with Crippen LogP contribution in [0, 0.1) is 0 Å². The predicted octanol–water partition coefficient (Wildman–Crippen LogP) is 2.84. The van der Waals surface area contributed by atoms with Crippen molar-refractivity contribution >= 4 is 0 Å². The van der Waals surface area contributed by atoms with Gasteiger partial charge in [0.25, 0.3) is 0 Å². The molecule has 1 aliphatic rings. The highest BCUT2D eigenvalue weighted by molar-refractivity contribution is 5.36. The molecular formula is C9H12. The lowest BCUT2D eigenvalue weighted by molar-refractivity contribution is 0.949. The Kier molecular flexibility index (Phi) is 1.88. The van der Waals surface area contributed by atoms with E-state index < -0.39 is 0 Å². The third-order valence-corrected chi connectivity index (χ3v) is 1.70. The van der Waals surface area contributed by atoms with Gasteiger partial charge in [0.1, 0.15) is 0 Å². The van der Waals surface area contributed by atoms with Crippen molar-refractivity contribution in [2.24, 2.45) is 0 Å². The monoisotopic (exact) mass is 120 g/mol. The van der Waals surface area contributed by atoms with Gasteiger partial charge in [0, 0.05) is 0 Å². The second-order valence-corrected chi connectivity index (χ2v) is 2.38. The molecule has 0 aromatic heterocycles.